The summed E-state index contributed by atoms with van der Waals surface area (Å²) in [5.74, 6) is 0.977. The highest BCUT2D eigenvalue weighted by Crippen LogP contribution is 2.35. The van der Waals surface area contributed by atoms with Crippen LogP contribution in [0, 0.1) is 5.92 Å². The van der Waals surface area contributed by atoms with E-state index in [1.807, 2.05) is 51.1 Å². The zero-order valence-corrected chi connectivity index (χ0v) is 19.3. The minimum Gasteiger partial charge on any atom is -0.472 e. The smallest absolute Gasteiger partial charge is 0.410 e. The van der Waals surface area contributed by atoms with Gasteiger partial charge in [-0.15, -0.1) is 10.2 Å². The van der Waals surface area contributed by atoms with Crippen LogP contribution in [0.25, 0.3) is 11.3 Å². The van der Waals surface area contributed by atoms with Crippen molar-refractivity contribution in [1.29, 1.82) is 0 Å². The number of benzene rings is 1. The number of amides is 1. The second kappa shape index (κ2) is 8.57. The first-order valence-corrected chi connectivity index (χ1v) is 12.2. The molecule has 3 heterocycles. The van der Waals surface area contributed by atoms with E-state index in [0.29, 0.717) is 24.9 Å². The molecule has 2 aliphatic heterocycles. The average Bonchev–Trinajstić information content (AvgIpc) is 3.16. The lowest BCUT2D eigenvalue weighted by Crippen LogP contribution is -2.44. The normalized spacial score (nSPS) is 20.1. The molecule has 0 radical (unpaired) electrons. The van der Waals surface area contributed by atoms with Crippen LogP contribution in [0.4, 0.5) is 4.79 Å². The molecule has 166 valence electrons. The summed E-state index contributed by atoms with van der Waals surface area (Å²) in [6.45, 7) is 7.01. The van der Waals surface area contributed by atoms with Crippen molar-refractivity contribution in [1.82, 2.24) is 15.1 Å². The summed E-state index contributed by atoms with van der Waals surface area (Å²) in [7, 11) is -1.00. The lowest BCUT2D eigenvalue weighted by molar-refractivity contribution is 0.0121. The van der Waals surface area contributed by atoms with Gasteiger partial charge in [0, 0.05) is 52.6 Å². The molecule has 1 aromatic carbocycles. The highest BCUT2D eigenvalue weighted by Gasteiger charge is 2.36. The molecule has 1 saturated heterocycles. The Labute approximate surface area is 185 Å². The molecule has 1 amide bonds. The number of hydrogen-bond acceptors (Lipinski definition) is 6. The summed E-state index contributed by atoms with van der Waals surface area (Å²) in [5, 5.41) is 8.63. The van der Waals surface area contributed by atoms with Gasteiger partial charge in [-0.3, -0.25) is 4.21 Å². The van der Waals surface area contributed by atoms with Crippen LogP contribution in [0.15, 0.2) is 35.2 Å². The molecule has 7 nitrogen and oxygen atoms in total. The Bertz CT molecular complexity index is 979. The van der Waals surface area contributed by atoms with Gasteiger partial charge in [-0.25, -0.2) is 4.79 Å². The molecule has 1 fully saturated rings. The summed E-state index contributed by atoms with van der Waals surface area (Å²) in [6, 6.07) is 9.60. The minimum atomic E-state index is -1.00. The van der Waals surface area contributed by atoms with Crippen LogP contribution in [-0.4, -0.2) is 56.4 Å². The first kappa shape index (κ1) is 21.7. The van der Waals surface area contributed by atoms with E-state index in [1.54, 1.807) is 11.2 Å². The lowest BCUT2D eigenvalue weighted by atomic mass is 9.89. The third kappa shape index (κ3) is 5.06. The number of piperidine rings is 1. The number of carbonyl (C=O) groups is 1. The summed E-state index contributed by atoms with van der Waals surface area (Å²) in [4.78, 5) is 14.9. The second-order valence-electron chi connectivity index (χ2n) is 9.20. The fourth-order valence-corrected chi connectivity index (χ4v) is 4.59. The fraction of sp³-hybridized carbons (Fsp3) is 0.522. The fourth-order valence-electron chi connectivity index (χ4n) is 4.07. The number of nitrogens with zero attached hydrogens (tertiary/aromatic N) is 3. The van der Waals surface area contributed by atoms with Gasteiger partial charge in [-0.2, -0.15) is 0 Å². The number of carbonyl (C=O) groups excluding carboxylic acids is 1. The quantitative estimate of drug-likeness (QED) is 0.717. The molecule has 2 aliphatic rings. The van der Waals surface area contributed by atoms with Crippen LogP contribution in [-0.2, 0) is 22.0 Å². The van der Waals surface area contributed by atoms with Crippen molar-refractivity contribution in [3.8, 4) is 17.1 Å². The highest BCUT2D eigenvalue weighted by atomic mass is 32.2. The van der Waals surface area contributed by atoms with Gasteiger partial charge in [0.1, 0.15) is 11.7 Å². The Hall–Kier alpha value is -2.48. The Morgan fingerprint density at radius 2 is 1.84 bits per heavy atom. The topological polar surface area (TPSA) is 81.6 Å². The molecule has 0 aliphatic carbocycles. The van der Waals surface area contributed by atoms with Gasteiger partial charge in [0.15, 0.2) is 0 Å². The van der Waals surface area contributed by atoms with Crippen molar-refractivity contribution in [3.05, 3.63) is 35.9 Å². The van der Waals surface area contributed by atoms with E-state index in [0.717, 1.165) is 41.0 Å². The van der Waals surface area contributed by atoms with Gasteiger partial charge in [0.25, 0.3) is 0 Å². The minimum absolute atomic E-state index is 0.0604. The van der Waals surface area contributed by atoms with E-state index in [2.05, 4.69) is 10.2 Å². The number of fused-ring (bicyclic) bond motifs is 1. The summed E-state index contributed by atoms with van der Waals surface area (Å²) >= 11 is 0. The maximum atomic E-state index is 12.3. The first-order valence-electron chi connectivity index (χ1n) is 10.6. The predicted molar refractivity (Wildman–Crippen MR) is 118 cm³/mol. The highest BCUT2D eigenvalue weighted by molar-refractivity contribution is 7.84. The van der Waals surface area contributed by atoms with Gasteiger partial charge in [-0.1, -0.05) is 12.1 Å². The molecular weight excluding hydrogens is 414 g/mol. The summed E-state index contributed by atoms with van der Waals surface area (Å²) in [6.07, 6.45) is 4.05. The van der Waals surface area contributed by atoms with Crippen molar-refractivity contribution < 1.29 is 18.5 Å². The first-order chi connectivity index (χ1) is 14.7. The SMILES string of the molecule is CS(=O)c1ccc(-c2cc3c(nn2)OC(C2CCN(C(=O)OC(C)(C)C)CC2)C3)cc1. The molecule has 8 heteroatoms. The van der Waals surface area contributed by atoms with Crippen molar-refractivity contribution in [3.63, 3.8) is 0 Å². The second-order valence-corrected chi connectivity index (χ2v) is 10.6. The zero-order chi connectivity index (χ0) is 22.2. The number of aromatic nitrogens is 2. The van der Waals surface area contributed by atoms with Crippen molar-refractivity contribution in [2.24, 2.45) is 5.92 Å². The molecule has 2 atom stereocenters. The predicted octanol–water partition coefficient (Wildman–Crippen LogP) is 3.83. The molecular formula is C23H29N3O4S. The molecule has 4 rings (SSSR count). The molecule has 0 bridgehead atoms. The molecule has 0 spiro atoms. The van der Waals surface area contributed by atoms with Crippen molar-refractivity contribution >= 4 is 16.9 Å². The van der Waals surface area contributed by atoms with Crippen LogP contribution >= 0.6 is 0 Å². The Morgan fingerprint density at radius 1 is 1.16 bits per heavy atom. The van der Waals surface area contributed by atoms with Gasteiger partial charge in [-0.05, 0) is 57.7 Å². The van der Waals surface area contributed by atoms with Gasteiger partial charge in [0.2, 0.25) is 5.88 Å². The maximum absolute atomic E-state index is 12.3. The van der Waals surface area contributed by atoms with Gasteiger partial charge in [0.05, 0.1) is 5.69 Å². The van der Waals surface area contributed by atoms with E-state index >= 15 is 0 Å². The van der Waals surface area contributed by atoms with Crippen LogP contribution in [0.5, 0.6) is 5.88 Å². The molecule has 0 N–H and O–H groups in total. The molecule has 2 unspecified atom stereocenters. The largest absolute Gasteiger partial charge is 0.472 e. The zero-order valence-electron chi connectivity index (χ0n) is 18.5. The van der Waals surface area contributed by atoms with Crippen molar-refractivity contribution in [2.75, 3.05) is 19.3 Å². The third-order valence-corrected chi connectivity index (χ3v) is 6.65. The molecule has 0 saturated carbocycles. The molecule has 31 heavy (non-hydrogen) atoms. The molecule has 1 aromatic heterocycles. The third-order valence-electron chi connectivity index (χ3n) is 5.72. The number of ether oxygens (including phenoxy) is 2. The summed E-state index contributed by atoms with van der Waals surface area (Å²) in [5.41, 5.74) is 2.32. The van der Waals surface area contributed by atoms with E-state index in [9.17, 15) is 9.00 Å². The van der Waals surface area contributed by atoms with Crippen molar-refractivity contribution in [2.45, 2.75) is 56.6 Å². The van der Waals surface area contributed by atoms with Crippen LogP contribution in [0.2, 0.25) is 0 Å². The van der Waals surface area contributed by atoms with E-state index in [4.69, 9.17) is 9.47 Å². The average molecular weight is 444 g/mol. The van der Waals surface area contributed by atoms with Gasteiger partial charge < -0.3 is 14.4 Å². The summed E-state index contributed by atoms with van der Waals surface area (Å²) < 4.78 is 23.2. The maximum Gasteiger partial charge on any atom is 0.410 e. The Balaban J connectivity index is 1.37. The number of likely N-dealkylation sites (tertiary alicyclic amines) is 1. The standard InChI is InChI=1S/C23H29N3O4S/c1-23(2,3)30-22(27)26-11-9-16(10-12-26)20-14-17-13-19(24-25-21(17)29-20)15-5-7-18(8-6-15)31(4)28/h5-8,13,16,20H,9-12,14H2,1-4H3. The van der Waals surface area contributed by atoms with E-state index in [1.165, 1.54) is 0 Å². The lowest BCUT2D eigenvalue weighted by Gasteiger charge is -2.35. The van der Waals surface area contributed by atoms with Crippen LogP contribution in [0.1, 0.15) is 39.2 Å². The van der Waals surface area contributed by atoms with E-state index < -0.39 is 16.4 Å². The molecule has 2 aromatic rings. The van der Waals surface area contributed by atoms with Crippen LogP contribution in [0.3, 0.4) is 0 Å². The van der Waals surface area contributed by atoms with Gasteiger partial charge >= 0.3 is 6.09 Å². The number of hydrogen-bond donors (Lipinski definition) is 0. The number of rotatable bonds is 3. The Morgan fingerprint density at radius 3 is 2.45 bits per heavy atom. The van der Waals surface area contributed by atoms with E-state index in [-0.39, 0.29) is 12.2 Å². The monoisotopic (exact) mass is 443 g/mol. The Kier molecular flexibility index (Phi) is 6.01. The van der Waals surface area contributed by atoms with Crippen LogP contribution < -0.4 is 4.74 Å².